The lowest BCUT2D eigenvalue weighted by Gasteiger charge is -2.32. The number of imidazole rings is 2. The van der Waals surface area contributed by atoms with E-state index in [1.54, 1.807) is 81.6 Å². The van der Waals surface area contributed by atoms with Gasteiger partial charge in [0.2, 0.25) is 0 Å². The number of para-hydroxylation sites is 2. The average molecular weight is 1040 g/mol. The van der Waals surface area contributed by atoms with Crippen molar-refractivity contribution < 1.29 is 18.4 Å². The van der Waals surface area contributed by atoms with Crippen LogP contribution in [0.2, 0.25) is 0 Å². The van der Waals surface area contributed by atoms with Gasteiger partial charge in [0.05, 0.1) is 56.6 Å². The molecule has 0 atom stereocenters. The monoisotopic (exact) mass is 1040 g/mol. The van der Waals surface area contributed by atoms with Crippen LogP contribution in [0.3, 0.4) is 0 Å². The molecular weight excluding hydrogens is 993 g/mol. The number of nitrogens with one attached hydrogen (secondary N) is 6. The number of urea groups is 2. The van der Waals surface area contributed by atoms with Gasteiger partial charge in [-0.1, -0.05) is 60.7 Å². The third kappa shape index (κ3) is 9.56. The summed E-state index contributed by atoms with van der Waals surface area (Å²) in [6.07, 6.45) is 10.1. The summed E-state index contributed by atoms with van der Waals surface area (Å²) in [5, 5.41) is 22.1. The molecule has 13 rings (SSSR count). The Morgan fingerprint density at radius 2 is 1.01 bits per heavy atom. The van der Waals surface area contributed by atoms with Gasteiger partial charge in [-0.15, -0.1) is 0 Å². The SMILES string of the molecule is CN(C)C(=O)Nc1cncc(-c2cnc3n[nH]c(-c4nc5c(-c6ccccc6F)cccc5[nH]4)c3c2)c1.CN1CCN(C(=O)Nc2cncc(-c3cnc4n[nH]c(-c5nc6c(-c7ccccc7F)cccc6[nH]5)c4c3)c2)CC1. The van der Waals surface area contributed by atoms with E-state index in [4.69, 9.17) is 9.97 Å². The highest BCUT2D eigenvalue weighted by Crippen LogP contribution is 2.36. The summed E-state index contributed by atoms with van der Waals surface area (Å²) in [6.45, 7) is 3.06. The number of fused-ring (bicyclic) bond motifs is 4. The van der Waals surface area contributed by atoms with E-state index in [-0.39, 0.29) is 23.7 Å². The van der Waals surface area contributed by atoms with Gasteiger partial charge in [0, 0.05) is 110 Å². The smallest absolute Gasteiger partial charge is 0.321 e. The molecule has 0 saturated carbocycles. The maximum atomic E-state index is 14.6. The minimum Gasteiger partial charge on any atom is -0.337 e. The van der Waals surface area contributed by atoms with Crippen molar-refractivity contribution in [2.45, 2.75) is 0 Å². The van der Waals surface area contributed by atoms with E-state index in [1.807, 2.05) is 71.6 Å². The van der Waals surface area contributed by atoms with E-state index in [2.05, 4.69) is 72.9 Å². The standard InChI is InChI=1S/C30H26FN9O.C27H21FN8O/c1-39-9-11-40(12-10-39)30(41)34-20-13-18(15-32-17-20)19-14-23-27(37-38-28(23)33-16-19)29-35-25-8-4-6-22(26(25)36-29)21-5-2-3-7-24(21)31;1-36(2)27(37)31-17-10-15(12-29-14-17)16-11-20-24(34-35-25(20)30-13-16)26-32-22-9-5-7-19(23(22)33-26)18-6-3-4-8-21(18)28/h2-8,13-17H,9-12H2,1H3,(H,34,41)(H,35,36)(H,33,37,38);3-14H,1-2H3,(H,31,37)(H,32,33)(H,30,34,35). The fraction of sp³-hybridized carbons (Fsp3) is 0.123. The average Bonchev–Trinajstić information content (AvgIpc) is 4.33. The predicted molar refractivity (Wildman–Crippen MR) is 296 cm³/mol. The van der Waals surface area contributed by atoms with Crippen molar-refractivity contribution in [3.05, 3.63) is 158 Å². The van der Waals surface area contributed by atoms with Gasteiger partial charge in [0.25, 0.3) is 0 Å². The number of halogens is 2. The Kier molecular flexibility index (Phi) is 12.8. The van der Waals surface area contributed by atoms with Crippen LogP contribution in [-0.4, -0.2) is 134 Å². The van der Waals surface area contributed by atoms with Gasteiger partial charge >= 0.3 is 12.1 Å². The van der Waals surface area contributed by atoms with Gasteiger partial charge in [0.1, 0.15) is 23.0 Å². The second-order valence-corrected chi connectivity index (χ2v) is 18.9. The Morgan fingerprint density at radius 1 is 0.551 bits per heavy atom. The number of amides is 4. The normalized spacial score (nSPS) is 12.8. The number of aromatic nitrogens is 12. The molecule has 4 aromatic carbocycles. The molecule has 8 aromatic heterocycles. The van der Waals surface area contributed by atoms with Crippen molar-refractivity contribution in [2.24, 2.45) is 0 Å². The highest BCUT2D eigenvalue weighted by molar-refractivity contribution is 6.00. The van der Waals surface area contributed by atoms with Crippen LogP contribution in [0, 0.1) is 11.6 Å². The molecular formula is C57H47F2N17O2. The lowest BCUT2D eigenvalue weighted by Crippen LogP contribution is -2.48. The van der Waals surface area contributed by atoms with E-state index < -0.39 is 0 Å². The zero-order chi connectivity index (χ0) is 53.4. The summed E-state index contributed by atoms with van der Waals surface area (Å²) in [5.74, 6) is 0.515. The summed E-state index contributed by atoms with van der Waals surface area (Å²) in [6, 6.07) is 31.8. The largest absolute Gasteiger partial charge is 0.337 e. The number of nitrogens with zero attached hydrogens (tertiary/aromatic N) is 11. The third-order valence-electron chi connectivity index (χ3n) is 13.5. The van der Waals surface area contributed by atoms with E-state index in [0.717, 1.165) is 57.1 Å². The number of carbonyl (C=O) groups is 2. The number of H-pyrrole nitrogens is 4. The van der Waals surface area contributed by atoms with Crippen LogP contribution in [0.25, 0.3) is 112 Å². The molecule has 0 aliphatic carbocycles. The third-order valence-corrected chi connectivity index (χ3v) is 13.5. The Bertz CT molecular complexity index is 4230. The fourth-order valence-electron chi connectivity index (χ4n) is 9.35. The molecule has 0 spiro atoms. The fourth-order valence-corrected chi connectivity index (χ4v) is 9.35. The second-order valence-electron chi connectivity index (χ2n) is 18.9. The van der Waals surface area contributed by atoms with Gasteiger partial charge in [-0.25, -0.2) is 38.3 Å². The van der Waals surface area contributed by atoms with E-state index in [1.165, 1.54) is 17.0 Å². The quantitative estimate of drug-likeness (QED) is 0.0837. The maximum absolute atomic E-state index is 14.6. The first kappa shape index (κ1) is 48.6. The summed E-state index contributed by atoms with van der Waals surface area (Å²) < 4.78 is 29.2. The molecule has 6 N–H and O–H groups in total. The van der Waals surface area contributed by atoms with Crippen molar-refractivity contribution in [1.29, 1.82) is 0 Å². The lowest BCUT2D eigenvalue weighted by molar-refractivity contribution is 0.164. The van der Waals surface area contributed by atoms with Crippen LogP contribution in [0.4, 0.5) is 29.7 Å². The molecule has 1 saturated heterocycles. The molecule has 19 nitrogen and oxygen atoms in total. The first-order valence-corrected chi connectivity index (χ1v) is 24.8. The number of likely N-dealkylation sites (N-methyl/N-ethyl adjacent to an activating group) is 1. The molecule has 0 unspecified atom stereocenters. The molecule has 1 fully saturated rings. The molecule has 4 amide bonds. The molecule has 78 heavy (non-hydrogen) atoms. The van der Waals surface area contributed by atoms with Crippen LogP contribution in [0.15, 0.2) is 146 Å². The van der Waals surface area contributed by atoms with Gasteiger partial charge < -0.3 is 35.3 Å². The van der Waals surface area contributed by atoms with E-state index in [9.17, 15) is 18.4 Å². The number of anilines is 2. The van der Waals surface area contributed by atoms with E-state index >= 15 is 0 Å². The van der Waals surface area contributed by atoms with Crippen LogP contribution in [-0.2, 0) is 0 Å². The number of aromatic amines is 4. The zero-order valence-electron chi connectivity index (χ0n) is 42.2. The van der Waals surface area contributed by atoms with Crippen molar-refractivity contribution >= 4 is 67.6 Å². The number of rotatable bonds is 8. The molecule has 0 bridgehead atoms. The number of benzene rings is 4. The lowest BCUT2D eigenvalue weighted by atomic mass is 10.0. The Balaban J connectivity index is 0.000000157. The number of hydrogen-bond donors (Lipinski definition) is 6. The minimum absolute atomic E-state index is 0.137. The van der Waals surface area contributed by atoms with Crippen molar-refractivity contribution in [1.82, 2.24) is 75.0 Å². The van der Waals surface area contributed by atoms with Gasteiger partial charge in [-0.2, -0.15) is 10.2 Å². The Hall–Kier alpha value is -10.3. The molecule has 386 valence electrons. The molecule has 0 radical (unpaired) electrons. The summed E-state index contributed by atoms with van der Waals surface area (Å²) >= 11 is 0. The Morgan fingerprint density at radius 3 is 1.50 bits per heavy atom. The predicted octanol–water partition coefficient (Wildman–Crippen LogP) is 10.6. The molecule has 9 heterocycles. The Labute approximate surface area is 442 Å². The first-order valence-electron chi connectivity index (χ1n) is 24.8. The van der Waals surface area contributed by atoms with Crippen LogP contribution >= 0.6 is 0 Å². The number of hydrogen-bond acceptors (Lipinski definition) is 11. The number of pyridine rings is 4. The van der Waals surface area contributed by atoms with Gasteiger partial charge in [-0.05, 0) is 55.6 Å². The highest BCUT2D eigenvalue weighted by Gasteiger charge is 2.22. The summed E-state index contributed by atoms with van der Waals surface area (Å²) in [5.41, 5.74) is 12.0. The molecule has 1 aliphatic rings. The molecule has 21 heteroatoms. The van der Waals surface area contributed by atoms with Gasteiger partial charge in [-0.3, -0.25) is 20.2 Å². The summed E-state index contributed by atoms with van der Waals surface area (Å²) in [7, 11) is 5.39. The van der Waals surface area contributed by atoms with Gasteiger partial charge in [0.15, 0.2) is 22.9 Å². The zero-order valence-corrected chi connectivity index (χ0v) is 42.2. The van der Waals surface area contributed by atoms with E-state index in [0.29, 0.717) is 92.1 Å². The second kappa shape index (κ2) is 20.4. The molecule has 1 aliphatic heterocycles. The minimum atomic E-state index is -0.307. The molecule has 12 aromatic rings. The summed E-state index contributed by atoms with van der Waals surface area (Å²) in [4.78, 5) is 64.2. The number of carbonyl (C=O) groups excluding carboxylic acids is 2. The first-order chi connectivity index (χ1) is 38.0. The van der Waals surface area contributed by atoms with Crippen molar-refractivity contribution in [3.8, 4) is 67.5 Å². The van der Waals surface area contributed by atoms with Crippen molar-refractivity contribution in [2.75, 3.05) is 58.0 Å². The number of piperazine rings is 1. The highest BCUT2D eigenvalue weighted by atomic mass is 19.1. The van der Waals surface area contributed by atoms with Crippen molar-refractivity contribution in [3.63, 3.8) is 0 Å². The van der Waals surface area contributed by atoms with Crippen LogP contribution < -0.4 is 10.6 Å². The van der Waals surface area contributed by atoms with Crippen LogP contribution in [0.1, 0.15) is 0 Å². The van der Waals surface area contributed by atoms with Crippen LogP contribution in [0.5, 0.6) is 0 Å². The maximum Gasteiger partial charge on any atom is 0.321 e. The topological polar surface area (TPSA) is 234 Å².